The standard InChI is InChI=1S/C12H12F3NO3/c1-2-8(12(18)19)16-9(17)5-6-3-4-7(13)11(15)10(6)14/h3-4,8H,2,5H2,1H3,(H,16,17)(H,18,19). The van der Waals surface area contributed by atoms with Gasteiger partial charge in [-0.05, 0) is 12.5 Å². The quantitative estimate of drug-likeness (QED) is 0.803. The van der Waals surface area contributed by atoms with E-state index in [4.69, 9.17) is 5.11 Å². The number of hydrogen-bond donors (Lipinski definition) is 2. The summed E-state index contributed by atoms with van der Waals surface area (Å²) in [5.74, 6) is -6.45. The second-order valence-electron chi connectivity index (χ2n) is 3.88. The summed E-state index contributed by atoms with van der Waals surface area (Å²) in [6.07, 6.45) is -0.409. The highest BCUT2D eigenvalue weighted by atomic mass is 19.2. The maximum Gasteiger partial charge on any atom is 0.326 e. The Morgan fingerprint density at radius 1 is 1.26 bits per heavy atom. The molecule has 0 radical (unpaired) electrons. The Hall–Kier alpha value is -2.05. The summed E-state index contributed by atoms with van der Waals surface area (Å²) in [4.78, 5) is 22.2. The first-order valence-electron chi connectivity index (χ1n) is 5.51. The zero-order valence-electron chi connectivity index (χ0n) is 10.0. The molecule has 0 fully saturated rings. The molecule has 0 spiro atoms. The molecule has 1 amide bonds. The normalized spacial score (nSPS) is 12.0. The van der Waals surface area contributed by atoms with Crippen LogP contribution in [0.5, 0.6) is 0 Å². The van der Waals surface area contributed by atoms with Crippen molar-refractivity contribution in [1.29, 1.82) is 0 Å². The van der Waals surface area contributed by atoms with Crippen LogP contribution in [-0.2, 0) is 16.0 Å². The zero-order chi connectivity index (χ0) is 14.6. The number of carbonyl (C=O) groups is 2. The van der Waals surface area contributed by atoms with E-state index in [9.17, 15) is 22.8 Å². The van der Waals surface area contributed by atoms with Gasteiger partial charge in [-0.1, -0.05) is 13.0 Å². The van der Waals surface area contributed by atoms with Gasteiger partial charge in [0.2, 0.25) is 5.91 Å². The molecular weight excluding hydrogens is 263 g/mol. The smallest absolute Gasteiger partial charge is 0.326 e. The van der Waals surface area contributed by atoms with Crippen LogP contribution in [0.25, 0.3) is 0 Å². The van der Waals surface area contributed by atoms with Crippen LogP contribution in [0.3, 0.4) is 0 Å². The lowest BCUT2D eigenvalue weighted by atomic mass is 10.1. The number of carboxylic acid groups (broad SMARTS) is 1. The molecule has 0 aromatic heterocycles. The Morgan fingerprint density at radius 3 is 2.42 bits per heavy atom. The monoisotopic (exact) mass is 275 g/mol. The van der Waals surface area contributed by atoms with E-state index in [2.05, 4.69) is 5.32 Å². The molecule has 7 heteroatoms. The third kappa shape index (κ3) is 3.70. The summed E-state index contributed by atoms with van der Waals surface area (Å²) in [5, 5.41) is 10.9. The SMILES string of the molecule is CCC(NC(=O)Cc1ccc(F)c(F)c1F)C(=O)O. The van der Waals surface area contributed by atoms with Gasteiger partial charge in [-0.2, -0.15) is 0 Å². The number of rotatable bonds is 5. The van der Waals surface area contributed by atoms with Crippen LogP contribution in [-0.4, -0.2) is 23.0 Å². The van der Waals surface area contributed by atoms with Gasteiger partial charge in [0.1, 0.15) is 6.04 Å². The number of benzene rings is 1. The lowest BCUT2D eigenvalue weighted by molar-refractivity contribution is -0.141. The second kappa shape index (κ2) is 6.21. The molecule has 104 valence electrons. The van der Waals surface area contributed by atoms with E-state index in [0.717, 1.165) is 6.07 Å². The highest BCUT2D eigenvalue weighted by Gasteiger charge is 2.20. The van der Waals surface area contributed by atoms with E-state index in [1.165, 1.54) is 0 Å². The Labute approximate surface area is 107 Å². The maximum absolute atomic E-state index is 13.3. The molecule has 0 saturated carbocycles. The summed E-state index contributed by atoms with van der Waals surface area (Å²) in [6.45, 7) is 1.55. The largest absolute Gasteiger partial charge is 0.480 e. The van der Waals surface area contributed by atoms with Gasteiger partial charge in [0, 0.05) is 5.56 Å². The predicted molar refractivity (Wildman–Crippen MR) is 59.9 cm³/mol. The van der Waals surface area contributed by atoms with Gasteiger partial charge >= 0.3 is 5.97 Å². The lowest BCUT2D eigenvalue weighted by Gasteiger charge is -2.12. The van der Waals surface area contributed by atoms with Crippen LogP contribution in [0.1, 0.15) is 18.9 Å². The molecule has 0 saturated heterocycles. The third-order valence-electron chi connectivity index (χ3n) is 2.51. The Kier molecular flexibility index (Phi) is 4.91. The van der Waals surface area contributed by atoms with Crippen molar-refractivity contribution in [1.82, 2.24) is 5.32 Å². The van der Waals surface area contributed by atoms with Gasteiger partial charge in [-0.25, -0.2) is 18.0 Å². The van der Waals surface area contributed by atoms with Crippen LogP contribution in [0.2, 0.25) is 0 Å². The van der Waals surface area contributed by atoms with Crippen molar-refractivity contribution in [3.05, 3.63) is 35.1 Å². The van der Waals surface area contributed by atoms with Gasteiger partial charge in [0.05, 0.1) is 6.42 Å². The molecule has 1 atom stereocenters. The highest BCUT2D eigenvalue weighted by Crippen LogP contribution is 2.15. The van der Waals surface area contributed by atoms with Crippen LogP contribution in [0, 0.1) is 17.5 Å². The molecule has 1 unspecified atom stereocenters. The van der Waals surface area contributed by atoms with E-state index in [-0.39, 0.29) is 12.0 Å². The highest BCUT2D eigenvalue weighted by molar-refractivity contribution is 5.84. The molecule has 0 aliphatic heterocycles. The van der Waals surface area contributed by atoms with E-state index in [0.29, 0.717) is 6.07 Å². The number of hydrogen-bond acceptors (Lipinski definition) is 2. The fraction of sp³-hybridized carbons (Fsp3) is 0.333. The van der Waals surface area contributed by atoms with Crippen molar-refractivity contribution in [2.75, 3.05) is 0 Å². The molecule has 1 aromatic carbocycles. The molecule has 0 aliphatic rings. The van der Waals surface area contributed by atoms with E-state index in [1.807, 2.05) is 0 Å². The zero-order valence-corrected chi connectivity index (χ0v) is 10.0. The Bertz CT molecular complexity index is 505. The first-order chi connectivity index (χ1) is 8.86. The summed E-state index contributed by atoms with van der Waals surface area (Å²) >= 11 is 0. The minimum Gasteiger partial charge on any atom is -0.480 e. The molecule has 1 aromatic rings. The van der Waals surface area contributed by atoms with Gasteiger partial charge in [-0.3, -0.25) is 4.79 Å². The van der Waals surface area contributed by atoms with Crippen molar-refractivity contribution >= 4 is 11.9 Å². The van der Waals surface area contributed by atoms with E-state index in [1.54, 1.807) is 6.92 Å². The van der Waals surface area contributed by atoms with Crippen molar-refractivity contribution in [2.24, 2.45) is 0 Å². The van der Waals surface area contributed by atoms with E-state index < -0.39 is 41.8 Å². The minimum absolute atomic E-state index is 0.154. The summed E-state index contributed by atoms with van der Waals surface area (Å²) in [7, 11) is 0. The van der Waals surface area contributed by atoms with Gasteiger partial charge in [0.15, 0.2) is 17.5 Å². The molecule has 4 nitrogen and oxygen atoms in total. The first kappa shape index (κ1) is 15.0. The number of carbonyl (C=O) groups excluding carboxylic acids is 1. The fourth-order valence-electron chi connectivity index (χ4n) is 1.46. The van der Waals surface area contributed by atoms with Crippen LogP contribution < -0.4 is 5.32 Å². The average molecular weight is 275 g/mol. The molecule has 0 heterocycles. The summed E-state index contributed by atoms with van der Waals surface area (Å²) < 4.78 is 38.9. The number of nitrogens with one attached hydrogen (secondary N) is 1. The van der Waals surface area contributed by atoms with Crippen molar-refractivity contribution < 1.29 is 27.9 Å². The number of aliphatic carboxylic acids is 1. The first-order valence-corrected chi connectivity index (χ1v) is 5.51. The molecule has 19 heavy (non-hydrogen) atoms. The van der Waals surface area contributed by atoms with Crippen molar-refractivity contribution in [3.63, 3.8) is 0 Å². The molecular formula is C12H12F3NO3. The van der Waals surface area contributed by atoms with Crippen LogP contribution in [0.15, 0.2) is 12.1 Å². The van der Waals surface area contributed by atoms with Gasteiger partial charge in [-0.15, -0.1) is 0 Å². The van der Waals surface area contributed by atoms with Crippen LogP contribution in [0.4, 0.5) is 13.2 Å². The van der Waals surface area contributed by atoms with E-state index >= 15 is 0 Å². The average Bonchev–Trinajstić information content (AvgIpc) is 2.36. The predicted octanol–water partition coefficient (Wildman–Crippen LogP) is 1.63. The molecule has 0 bridgehead atoms. The van der Waals surface area contributed by atoms with Crippen LogP contribution >= 0.6 is 0 Å². The number of carboxylic acids is 1. The fourth-order valence-corrected chi connectivity index (χ4v) is 1.46. The number of halogens is 3. The molecule has 0 aliphatic carbocycles. The third-order valence-corrected chi connectivity index (χ3v) is 2.51. The van der Waals surface area contributed by atoms with Gasteiger partial charge in [0.25, 0.3) is 0 Å². The van der Waals surface area contributed by atoms with Crippen molar-refractivity contribution in [2.45, 2.75) is 25.8 Å². The summed E-state index contributed by atoms with van der Waals surface area (Å²) in [6, 6.07) is 0.547. The summed E-state index contributed by atoms with van der Waals surface area (Å²) in [5.41, 5.74) is -0.336. The minimum atomic E-state index is -1.66. The Balaban J connectivity index is 2.78. The maximum atomic E-state index is 13.3. The lowest BCUT2D eigenvalue weighted by Crippen LogP contribution is -2.41. The van der Waals surface area contributed by atoms with Gasteiger partial charge < -0.3 is 10.4 Å². The second-order valence-corrected chi connectivity index (χ2v) is 3.88. The molecule has 1 rings (SSSR count). The Morgan fingerprint density at radius 2 is 1.89 bits per heavy atom. The van der Waals surface area contributed by atoms with Crippen molar-refractivity contribution in [3.8, 4) is 0 Å². The number of amides is 1. The topological polar surface area (TPSA) is 66.4 Å². The molecule has 2 N–H and O–H groups in total.